The van der Waals surface area contributed by atoms with Crippen molar-refractivity contribution in [3.05, 3.63) is 30.2 Å². The number of rotatable bonds is 4. The number of hydrogen-bond donors (Lipinski definition) is 1. The molecule has 1 fully saturated rings. The first-order chi connectivity index (χ1) is 8.85. The van der Waals surface area contributed by atoms with Gasteiger partial charge < -0.3 is 14.7 Å². The van der Waals surface area contributed by atoms with Crippen LogP contribution in [0.4, 0.5) is 0 Å². The van der Waals surface area contributed by atoms with E-state index < -0.39 is 0 Å². The predicted octanol–water partition coefficient (Wildman–Crippen LogP) is 2.14. The summed E-state index contributed by atoms with van der Waals surface area (Å²) < 4.78 is 10.6. The van der Waals surface area contributed by atoms with Gasteiger partial charge in [-0.1, -0.05) is 5.16 Å². The fourth-order valence-corrected chi connectivity index (χ4v) is 2.40. The molecule has 2 N–H and O–H groups in total. The molecule has 2 aromatic heterocycles. The largest absolute Gasteiger partial charge is 0.461 e. The number of hydrogen-bond acceptors (Lipinski definition) is 5. The maximum atomic E-state index is 5.68. The van der Waals surface area contributed by atoms with Crippen LogP contribution in [-0.2, 0) is 6.54 Å². The Morgan fingerprint density at radius 1 is 1.42 bits per heavy atom. The third-order valence-electron chi connectivity index (χ3n) is 3.41. The van der Waals surface area contributed by atoms with Crippen molar-refractivity contribution >= 4 is 12.4 Å². The number of likely N-dealkylation sites (tertiary alicyclic amines) is 1. The van der Waals surface area contributed by atoms with Gasteiger partial charge in [0, 0.05) is 19.2 Å². The molecule has 0 bridgehead atoms. The van der Waals surface area contributed by atoms with Gasteiger partial charge in [0.15, 0.2) is 5.76 Å². The highest BCUT2D eigenvalue weighted by atomic mass is 35.5. The lowest BCUT2D eigenvalue weighted by Gasteiger charge is -2.12. The molecule has 0 aromatic carbocycles. The Morgan fingerprint density at radius 3 is 3.00 bits per heavy atom. The van der Waals surface area contributed by atoms with Gasteiger partial charge in [-0.15, -0.1) is 12.4 Å². The zero-order valence-electron chi connectivity index (χ0n) is 10.6. The van der Waals surface area contributed by atoms with E-state index in [1.807, 2.05) is 18.2 Å². The van der Waals surface area contributed by atoms with Crippen molar-refractivity contribution in [1.29, 1.82) is 0 Å². The SMILES string of the molecule is Cl.NCC1CCN(Cc2cc(-c3ccco3)on2)C1. The van der Waals surface area contributed by atoms with E-state index in [1.54, 1.807) is 6.26 Å². The van der Waals surface area contributed by atoms with E-state index >= 15 is 0 Å². The van der Waals surface area contributed by atoms with Crippen LogP contribution in [0.3, 0.4) is 0 Å². The number of furan rings is 1. The minimum Gasteiger partial charge on any atom is -0.461 e. The lowest BCUT2D eigenvalue weighted by Crippen LogP contribution is -2.22. The molecule has 1 aliphatic heterocycles. The number of halogens is 1. The average molecular weight is 284 g/mol. The van der Waals surface area contributed by atoms with Crippen LogP contribution in [0.5, 0.6) is 0 Å². The Morgan fingerprint density at radius 2 is 2.32 bits per heavy atom. The second-order valence-electron chi connectivity index (χ2n) is 4.79. The first-order valence-corrected chi connectivity index (χ1v) is 6.27. The van der Waals surface area contributed by atoms with Crippen LogP contribution in [-0.4, -0.2) is 29.7 Å². The Hall–Kier alpha value is -1.30. The van der Waals surface area contributed by atoms with Crippen LogP contribution >= 0.6 is 12.4 Å². The van der Waals surface area contributed by atoms with E-state index in [9.17, 15) is 0 Å². The molecule has 5 nitrogen and oxygen atoms in total. The first-order valence-electron chi connectivity index (χ1n) is 6.27. The summed E-state index contributed by atoms with van der Waals surface area (Å²) in [6, 6.07) is 5.64. The summed E-state index contributed by atoms with van der Waals surface area (Å²) in [4.78, 5) is 2.36. The number of aromatic nitrogens is 1. The van der Waals surface area contributed by atoms with E-state index in [1.165, 1.54) is 6.42 Å². The molecule has 0 radical (unpaired) electrons. The molecule has 0 saturated carbocycles. The monoisotopic (exact) mass is 283 g/mol. The summed E-state index contributed by atoms with van der Waals surface area (Å²) in [5.74, 6) is 2.03. The molecule has 1 atom stereocenters. The van der Waals surface area contributed by atoms with Crippen LogP contribution in [0.25, 0.3) is 11.5 Å². The van der Waals surface area contributed by atoms with Crippen molar-refractivity contribution in [1.82, 2.24) is 10.1 Å². The highest BCUT2D eigenvalue weighted by Crippen LogP contribution is 2.22. The molecule has 1 saturated heterocycles. The standard InChI is InChI=1S/C13H17N3O2.ClH/c14-7-10-3-4-16(8-10)9-11-6-13(18-15-11)12-2-1-5-17-12;/h1-2,5-6,10H,3-4,7-9,14H2;1H. The van der Waals surface area contributed by atoms with Gasteiger partial charge in [-0.3, -0.25) is 4.90 Å². The topological polar surface area (TPSA) is 68.4 Å². The van der Waals surface area contributed by atoms with Crippen LogP contribution < -0.4 is 5.73 Å². The van der Waals surface area contributed by atoms with Gasteiger partial charge in [-0.2, -0.15) is 0 Å². The normalized spacial score (nSPS) is 19.5. The van der Waals surface area contributed by atoms with Crippen LogP contribution in [0.2, 0.25) is 0 Å². The van der Waals surface area contributed by atoms with Crippen molar-refractivity contribution in [3.8, 4) is 11.5 Å². The lowest BCUT2D eigenvalue weighted by molar-refractivity contribution is 0.303. The molecule has 0 aliphatic carbocycles. The Labute approximate surface area is 118 Å². The molecule has 1 aliphatic rings. The average Bonchev–Trinajstić information content (AvgIpc) is 3.10. The molecular weight excluding hydrogens is 266 g/mol. The molecule has 3 heterocycles. The second kappa shape index (κ2) is 6.23. The van der Waals surface area contributed by atoms with Gasteiger partial charge in [0.25, 0.3) is 0 Å². The van der Waals surface area contributed by atoms with Crippen LogP contribution in [0, 0.1) is 5.92 Å². The van der Waals surface area contributed by atoms with Crippen molar-refractivity contribution in [2.45, 2.75) is 13.0 Å². The highest BCUT2D eigenvalue weighted by Gasteiger charge is 2.22. The van der Waals surface area contributed by atoms with E-state index in [-0.39, 0.29) is 12.4 Å². The Kier molecular flexibility index (Phi) is 4.63. The Bertz CT molecular complexity index is 498. The third kappa shape index (κ3) is 3.18. The summed E-state index contributed by atoms with van der Waals surface area (Å²) in [5, 5.41) is 4.08. The van der Waals surface area contributed by atoms with Gasteiger partial charge in [-0.25, -0.2) is 0 Å². The fourth-order valence-electron chi connectivity index (χ4n) is 2.40. The molecule has 0 amide bonds. The highest BCUT2D eigenvalue weighted by molar-refractivity contribution is 5.85. The molecule has 6 heteroatoms. The number of nitrogens with two attached hydrogens (primary N) is 1. The van der Waals surface area contributed by atoms with Crippen molar-refractivity contribution in [2.75, 3.05) is 19.6 Å². The van der Waals surface area contributed by atoms with Gasteiger partial charge in [0.2, 0.25) is 5.76 Å². The zero-order chi connectivity index (χ0) is 12.4. The van der Waals surface area contributed by atoms with Crippen LogP contribution in [0.15, 0.2) is 33.4 Å². The molecule has 2 aromatic rings. The predicted molar refractivity (Wildman–Crippen MR) is 73.9 cm³/mol. The molecule has 3 rings (SSSR count). The fraction of sp³-hybridized carbons (Fsp3) is 0.462. The summed E-state index contributed by atoms with van der Waals surface area (Å²) >= 11 is 0. The van der Waals surface area contributed by atoms with Crippen molar-refractivity contribution in [3.63, 3.8) is 0 Å². The smallest absolute Gasteiger partial charge is 0.202 e. The maximum absolute atomic E-state index is 5.68. The minimum atomic E-state index is 0. The quantitative estimate of drug-likeness (QED) is 0.931. The van der Waals surface area contributed by atoms with Gasteiger partial charge >= 0.3 is 0 Å². The van der Waals surface area contributed by atoms with E-state index in [2.05, 4.69) is 10.1 Å². The van der Waals surface area contributed by atoms with E-state index in [0.29, 0.717) is 11.7 Å². The lowest BCUT2D eigenvalue weighted by atomic mass is 10.1. The first kappa shape index (κ1) is 14.1. The van der Waals surface area contributed by atoms with Gasteiger partial charge in [-0.05, 0) is 37.6 Å². The van der Waals surface area contributed by atoms with Gasteiger partial charge in [0.1, 0.15) is 0 Å². The summed E-state index contributed by atoms with van der Waals surface area (Å²) in [7, 11) is 0. The van der Waals surface area contributed by atoms with E-state index in [4.69, 9.17) is 14.7 Å². The molecule has 0 spiro atoms. The third-order valence-corrected chi connectivity index (χ3v) is 3.41. The second-order valence-corrected chi connectivity index (χ2v) is 4.79. The Balaban J connectivity index is 0.00000133. The van der Waals surface area contributed by atoms with Crippen LogP contribution in [0.1, 0.15) is 12.1 Å². The summed E-state index contributed by atoms with van der Waals surface area (Å²) in [6.07, 6.45) is 2.81. The molecule has 1 unspecified atom stereocenters. The minimum absolute atomic E-state index is 0. The maximum Gasteiger partial charge on any atom is 0.202 e. The summed E-state index contributed by atoms with van der Waals surface area (Å²) in [6.45, 7) is 3.73. The van der Waals surface area contributed by atoms with Gasteiger partial charge in [0.05, 0.1) is 12.0 Å². The molecule has 19 heavy (non-hydrogen) atoms. The summed E-state index contributed by atoms with van der Waals surface area (Å²) in [5.41, 5.74) is 6.63. The van der Waals surface area contributed by atoms with Crippen molar-refractivity contribution in [2.24, 2.45) is 11.7 Å². The zero-order valence-corrected chi connectivity index (χ0v) is 11.4. The molecular formula is C13H18ClN3O2. The number of nitrogens with zero attached hydrogens (tertiary/aromatic N) is 2. The van der Waals surface area contributed by atoms with E-state index in [0.717, 1.165) is 37.6 Å². The molecule has 104 valence electrons. The van der Waals surface area contributed by atoms with Crippen molar-refractivity contribution < 1.29 is 8.94 Å².